The fraction of sp³-hybridized carbons (Fsp3) is 0.541. The number of hydrogen-bond donors (Lipinski definition) is 7. The molecule has 4 amide bonds. The van der Waals surface area contributed by atoms with Crippen LogP contribution in [0.1, 0.15) is 68.9 Å². The van der Waals surface area contributed by atoms with Crippen molar-refractivity contribution in [3.05, 3.63) is 71.8 Å². The number of carbonyl (C=O) groups excluding carboxylic acids is 4. The molecule has 14 heteroatoms. The van der Waals surface area contributed by atoms with E-state index in [4.69, 9.17) is 17.2 Å². The van der Waals surface area contributed by atoms with E-state index in [1.165, 1.54) is 4.90 Å². The van der Waals surface area contributed by atoms with Gasteiger partial charge in [0.15, 0.2) is 0 Å². The highest BCUT2D eigenvalue weighted by atomic mass is 19.1. The number of alkyl halides is 1. The first kappa shape index (κ1) is 41.0. The van der Waals surface area contributed by atoms with Gasteiger partial charge >= 0.3 is 5.97 Å². The Morgan fingerprint density at radius 2 is 1.24 bits per heavy atom. The highest BCUT2D eigenvalue weighted by molar-refractivity contribution is 5.95. The Hall–Kier alpha value is -4.40. The number of nitrogens with zero attached hydrogens (tertiary/aromatic N) is 1. The van der Waals surface area contributed by atoms with Crippen LogP contribution in [-0.2, 0) is 36.8 Å². The zero-order valence-electron chi connectivity index (χ0n) is 29.2. The Labute approximate surface area is 299 Å². The molecule has 0 saturated carbocycles. The van der Waals surface area contributed by atoms with E-state index in [1.54, 1.807) is 0 Å². The first-order chi connectivity index (χ1) is 24.5. The molecular formula is C37H54FN7O6. The fourth-order valence-corrected chi connectivity index (χ4v) is 6.04. The van der Waals surface area contributed by atoms with E-state index >= 15 is 0 Å². The second kappa shape index (κ2) is 21.1. The minimum Gasteiger partial charge on any atom is -0.480 e. The van der Waals surface area contributed by atoms with Gasteiger partial charge in [-0.2, -0.15) is 0 Å². The second-order valence-electron chi connectivity index (χ2n) is 13.3. The Morgan fingerprint density at radius 1 is 0.725 bits per heavy atom. The van der Waals surface area contributed by atoms with Crippen LogP contribution in [0.2, 0.25) is 0 Å². The summed E-state index contributed by atoms with van der Waals surface area (Å²) in [6.45, 7) is 0.101. The molecular weight excluding hydrogens is 657 g/mol. The first-order valence-corrected chi connectivity index (χ1v) is 17.8. The molecule has 2 aromatic carbocycles. The van der Waals surface area contributed by atoms with Gasteiger partial charge in [0, 0.05) is 19.5 Å². The molecule has 4 atom stereocenters. The lowest BCUT2D eigenvalue weighted by Crippen LogP contribution is -2.60. The summed E-state index contributed by atoms with van der Waals surface area (Å²) in [7, 11) is 0. The Kier molecular flexibility index (Phi) is 17.0. The molecule has 13 nitrogen and oxygen atoms in total. The van der Waals surface area contributed by atoms with E-state index < -0.39 is 60.1 Å². The van der Waals surface area contributed by atoms with Gasteiger partial charge in [0.05, 0.1) is 12.7 Å². The lowest BCUT2D eigenvalue weighted by Gasteiger charge is -2.38. The number of nitrogens with two attached hydrogens (primary N) is 3. The molecule has 1 heterocycles. The fourth-order valence-electron chi connectivity index (χ4n) is 6.04. The summed E-state index contributed by atoms with van der Waals surface area (Å²) in [5.74, 6) is -3.25. The van der Waals surface area contributed by atoms with Gasteiger partial charge in [0.1, 0.15) is 23.7 Å². The normalized spacial score (nSPS) is 16.3. The summed E-state index contributed by atoms with van der Waals surface area (Å²) in [4.78, 5) is 67.9. The van der Waals surface area contributed by atoms with Crippen molar-refractivity contribution < 1.29 is 33.5 Å². The van der Waals surface area contributed by atoms with Crippen molar-refractivity contribution in [2.75, 3.05) is 26.3 Å². The van der Waals surface area contributed by atoms with Gasteiger partial charge in [0.2, 0.25) is 23.6 Å². The molecule has 0 spiro atoms. The van der Waals surface area contributed by atoms with Crippen LogP contribution in [0.5, 0.6) is 0 Å². The summed E-state index contributed by atoms with van der Waals surface area (Å²) in [5.41, 5.74) is 18.1. The van der Waals surface area contributed by atoms with Crippen molar-refractivity contribution in [1.29, 1.82) is 0 Å². The van der Waals surface area contributed by atoms with Crippen molar-refractivity contribution >= 4 is 29.6 Å². The minimum absolute atomic E-state index is 0.0638. The summed E-state index contributed by atoms with van der Waals surface area (Å²) in [6, 6.07) is 14.3. The maximum Gasteiger partial charge on any atom is 0.323 e. The van der Waals surface area contributed by atoms with Crippen molar-refractivity contribution in [2.45, 2.75) is 100 Å². The van der Waals surface area contributed by atoms with Crippen LogP contribution in [0.25, 0.3) is 0 Å². The third kappa shape index (κ3) is 13.3. The highest BCUT2D eigenvalue weighted by Gasteiger charge is 2.40. The van der Waals surface area contributed by atoms with Crippen LogP contribution < -0.4 is 33.2 Å². The lowest BCUT2D eigenvalue weighted by molar-refractivity contribution is -0.148. The molecule has 1 aliphatic rings. The molecule has 280 valence electrons. The van der Waals surface area contributed by atoms with Crippen molar-refractivity contribution in [3.63, 3.8) is 0 Å². The number of halogens is 1. The lowest BCUT2D eigenvalue weighted by atomic mass is 9.88. The molecule has 1 unspecified atom stereocenters. The third-order valence-corrected chi connectivity index (χ3v) is 9.27. The number of carboxylic acids is 1. The monoisotopic (exact) mass is 711 g/mol. The van der Waals surface area contributed by atoms with Crippen LogP contribution in [0, 0.1) is 0 Å². The third-order valence-electron chi connectivity index (χ3n) is 9.27. The van der Waals surface area contributed by atoms with Gasteiger partial charge in [-0.3, -0.25) is 28.4 Å². The van der Waals surface area contributed by atoms with E-state index in [9.17, 15) is 33.5 Å². The van der Waals surface area contributed by atoms with Crippen LogP contribution in [0.3, 0.4) is 0 Å². The number of rotatable bonds is 21. The quantitative estimate of drug-likeness (QED) is 0.0927. The van der Waals surface area contributed by atoms with Gasteiger partial charge in [-0.15, -0.1) is 0 Å². The summed E-state index contributed by atoms with van der Waals surface area (Å²) in [6.07, 6.45) is 3.30. The molecule has 1 aliphatic heterocycles. The Bertz CT molecular complexity index is 1410. The number of aliphatic carboxylic acids is 1. The largest absolute Gasteiger partial charge is 0.480 e. The maximum absolute atomic E-state index is 13.9. The number of nitrogens with one attached hydrogen (secondary N) is 3. The number of benzene rings is 2. The number of carbonyl (C=O) groups is 5. The summed E-state index contributed by atoms with van der Waals surface area (Å²) in [5, 5.41) is 17.9. The number of carboxylic acid groups (broad SMARTS) is 1. The summed E-state index contributed by atoms with van der Waals surface area (Å²) >= 11 is 0. The maximum atomic E-state index is 13.9. The predicted octanol–water partition coefficient (Wildman–Crippen LogP) is 1.32. The van der Waals surface area contributed by atoms with Gasteiger partial charge in [0.25, 0.3) is 0 Å². The van der Waals surface area contributed by atoms with E-state index in [0.717, 1.165) is 11.1 Å². The molecule has 3 rings (SSSR count). The molecule has 2 aromatic rings. The van der Waals surface area contributed by atoms with Crippen LogP contribution >= 0.6 is 0 Å². The predicted molar refractivity (Wildman–Crippen MR) is 192 cm³/mol. The molecule has 0 aliphatic carbocycles. The molecule has 1 fully saturated rings. The number of unbranched alkanes of at least 4 members (excludes halogenated alkanes) is 3. The van der Waals surface area contributed by atoms with Crippen LogP contribution in [0.4, 0.5) is 4.39 Å². The zero-order valence-corrected chi connectivity index (χ0v) is 29.2. The standard InChI is InChI=1S/C37H54FN7O6/c38-20-10-3-8-16-29(33(47)43-30(17-9-11-21-39)35(49)45-22-18-37(41,19-23-45)36(50)51)42-34(48)31(25-27-14-6-2-7-15-27)44-32(46)28(40)24-26-12-4-1-5-13-26/h1-2,4-7,12-15,28-31H,3,8-11,16-25,39-41H2,(H,42,48)(H,43,47)(H,44,46)(H,50,51)/t28-,29?,30-,31-/m1/s1. The summed E-state index contributed by atoms with van der Waals surface area (Å²) < 4.78 is 12.9. The molecule has 0 aromatic heterocycles. The smallest absolute Gasteiger partial charge is 0.323 e. The SMILES string of the molecule is NCCCC[C@@H](NC(=O)C(CCCCCF)NC(=O)[C@@H](Cc1ccccc1)NC(=O)[C@H](N)Cc1ccccc1)C(=O)N1CCC(N)(C(=O)O)CC1. The van der Waals surface area contributed by atoms with Gasteiger partial charge in [-0.1, -0.05) is 73.5 Å². The number of amides is 4. The number of likely N-dealkylation sites (tertiary alicyclic amines) is 1. The Morgan fingerprint density at radius 3 is 1.80 bits per heavy atom. The molecule has 0 radical (unpaired) electrons. The van der Waals surface area contributed by atoms with E-state index in [1.807, 2.05) is 60.7 Å². The average molecular weight is 712 g/mol. The number of hydrogen-bond acceptors (Lipinski definition) is 8. The van der Waals surface area contributed by atoms with E-state index in [-0.39, 0.29) is 57.5 Å². The van der Waals surface area contributed by atoms with Gasteiger partial charge < -0.3 is 43.2 Å². The zero-order chi connectivity index (χ0) is 37.2. The van der Waals surface area contributed by atoms with Crippen molar-refractivity contribution in [2.24, 2.45) is 17.2 Å². The van der Waals surface area contributed by atoms with Crippen molar-refractivity contribution in [1.82, 2.24) is 20.9 Å². The van der Waals surface area contributed by atoms with Crippen LogP contribution in [0.15, 0.2) is 60.7 Å². The van der Waals surface area contributed by atoms with E-state index in [2.05, 4.69) is 16.0 Å². The molecule has 10 N–H and O–H groups in total. The van der Waals surface area contributed by atoms with Crippen LogP contribution in [-0.4, -0.2) is 95.6 Å². The van der Waals surface area contributed by atoms with Gasteiger partial charge in [-0.25, -0.2) is 0 Å². The van der Waals surface area contributed by atoms with Crippen molar-refractivity contribution in [3.8, 4) is 0 Å². The van der Waals surface area contributed by atoms with E-state index in [0.29, 0.717) is 38.6 Å². The second-order valence-corrected chi connectivity index (χ2v) is 13.3. The first-order valence-electron chi connectivity index (χ1n) is 17.8. The minimum atomic E-state index is -1.43. The molecule has 1 saturated heterocycles. The topological polar surface area (TPSA) is 223 Å². The average Bonchev–Trinajstić information content (AvgIpc) is 3.12. The number of piperidine rings is 1. The highest BCUT2D eigenvalue weighted by Crippen LogP contribution is 2.21. The molecule has 0 bridgehead atoms. The Balaban J connectivity index is 1.79. The molecule has 51 heavy (non-hydrogen) atoms. The van der Waals surface area contributed by atoms with Gasteiger partial charge in [-0.05, 0) is 69.0 Å².